The smallest absolute Gasteiger partial charge is 0.137 e. The van der Waals surface area contributed by atoms with E-state index in [1.54, 1.807) is 6.08 Å². The summed E-state index contributed by atoms with van der Waals surface area (Å²) in [7, 11) is 0. The van der Waals surface area contributed by atoms with Gasteiger partial charge in [0.1, 0.15) is 5.84 Å². The SMILES string of the molecule is N#C/C=C1/c2ccccc2N=C(N2CCOCC2)c2ccccc21. The molecule has 24 heavy (non-hydrogen) atoms. The van der Waals surface area contributed by atoms with Crippen LogP contribution in [-0.4, -0.2) is 37.0 Å². The number of allylic oxidation sites excluding steroid dienone is 1. The molecule has 0 aromatic heterocycles. The van der Waals surface area contributed by atoms with Crippen LogP contribution in [-0.2, 0) is 4.74 Å². The van der Waals surface area contributed by atoms with Crippen molar-refractivity contribution in [3.63, 3.8) is 0 Å². The molecule has 0 N–H and O–H groups in total. The highest BCUT2D eigenvalue weighted by Gasteiger charge is 2.24. The van der Waals surface area contributed by atoms with Gasteiger partial charge in [-0.1, -0.05) is 42.5 Å². The number of benzene rings is 2. The molecule has 4 heteroatoms. The third-order valence-electron chi connectivity index (χ3n) is 4.40. The van der Waals surface area contributed by atoms with E-state index in [-0.39, 0.29) is 0 Å². The fourth-order valence-corrected chi connectivity index (χ4v) is 3.27. The molecule has 2 aliphatic heterocycles. The number of rotatable bonds is 0. The first kappa shape index (κ1) is 14.7. The van der Waals surface area contributed by atoms with Crippen LogP contribution in [0.5, 0.6) is 0 Å². The van der Waals surface area contributed by atoms with Gasteiger partial charge in [-0.15, -0.1) is 0 Å². The minimum Gasteiger partial charge on any atom is -0.378 e. The summed E-state index contributed by atoms with van der Waals surface area (Å²) in [6, 6.07) is 18.4. The summed E-state index contributed by atoms with van der Waals surface area (Å²) in [5, 5.41) is 9.29. The van der Waals surface area contributed by atoms with Crippen LogP contribution in [0.25, 0.3) is 5.57 Å². The fraction of sp³-hybridized carbons (Fsp3) is 0.200. The van der Waals surface area contributed by atoms with E-state index in [0.717, 1.165) is 46.9 Å². The molecular formula is C20H17N3O. The van der Waals surface area contributed by atoms with E-state index in [2.05, 4.69) is 23.1 Å². The van der Waals surface area contributed by atoms with E-state index < -0.39 is 0 Å². The van der Waals surface area contributed by atoms with E-state index in [9.17, 15) is 5.26 Å². The van der Waals surface area contributed by atoms with Crippen LogP contribution in [0, 0.1) is 11.3 Å². The summed E-state index contributed by atoms with van der Waals surface area (Å²) in [4.78, 5) is 7.25. The second-order valence-electron chi connectivity index (χ2n) is 5.78. The molecule has 2 aromatic rings. The lowest BCUT2D eigenvalue weighted by Crippen LogP contribution is -2.41. The van der Waals surface area contributed by atoms with Crippen molar-refractivity contribution in [1.82, 2.24) is 4.90 Å². The van der Waals surface area contributed by atoms with Gasteiger partial charge < -0.3 is 9.64 Å². The molecule has 4 nitrogen and oxygen atoms in total. The summed E-state index contributed by atoms with van der Waals surface area (Å²) in [6.07, 6.45) is 1.62. The molecule has 0 aliphatic carbocycles. The Hall–Kier alpha value is -2.90. The van der Waals surface area contributed by atoms with Gasteiger partial charge in [-0.2, -0.15) is 5.26 Å². The molecular weight excluding hydrogens is 298 g/mol. The molecule has 0 radical (unpaired) electrons. The average molecular weight is 315 g/mol. The largest absolute Gasteiger partial charge is 0.378 e. The topological polar surface area (TPSA) is 48.6 Å². The number of ether oxygens (including phenoxy) is 1. The van der Waals surface area contributed by atoms with Gasteiger partial charge >= 0.3 is 0 Å². The highest BCUT2D eigenvalue weighted by atomic mass is 16.5. The van der Waals surface area contributed by atoms with Crippen molar-refractivity contribution in [3.8, 4) is 6.07 Å². The molecule has 0 bridgehead atoms. The molecule has 2 aromatic carbocycles. The Kier molecular flexibility index (Phi) is 3.86. The van der Waals surface area contributed by atoms with E-state index in [1.807, 2.05) is 36.4 Å². The van der Waals surface area contributed by atoms with Gasteiger partial charge in [0.05, 0.1) is 25.0 Å². The second-order valence-corrected chi connectivity index (χ2v) is 5.78. The Bertz CT molecular complexity index is 870. The zero-order valence-electron chi connectivity index (χ0n) is 13.3. The van der Waals surface area contributed by atoms with Crippen LogP contribution in [0.15, 0.2) is 59.6 Å². The molecule has 0 atom stereocenters. The van der Waals surface area contributed by atoms with Crippen molar-refractivity contribution in [2.24, 2.45) is 4.99 Å². The zero-order chi connectivity index (χ0) is 16.4. The maximum Gasteiger partial charge on any atom is 0.137 e. The molecule has 0 saturated carbocycles. The van der Waals surface area contributed by atoms with E-state index in [0.29, 0.717) is 13.2 Å². The molecule has 0 amide bonds. The standard InChI is InChI=1S/C20H17N3O/c21-10-9-16-15-5-1-2-7-18(15)20(23-11-13-24-14-12-23)22-19-8-4-3-6-17(16)19/h1-9H,11-14H2/b16-9+. The van der Waals surface area contributed by atoms with Crippen LogP contribution < -0.4 is 0 Å². The Labute approximate surface area is 141 Å². The average Bonchev–Trinajstić information content (AvgIpc) is 2.78. The first-order chi connectivity index (χ1) is 11.9. The third-order valence-corrected chi connectivity index (χ3v) is 4.40. The maximum atomic E-state index is 9.29. The van der Waals surface area contributed by atoms with Gasteiger partial charge in [-0.05, 0) is 11.6 Å². The van der Waals surface area contributed by atoms with Crippen LogP contribution in [0.1, 0.15) is 16.7 Å². The molecule has 2 aliphatic rings. The first-order valence-corrected chi connectivity index (χ1v) is 8.09. The Morgan fingerprint density at radius 2 is 1.62 bits per heavy atom. The summed E-state index contributed by atoms with van der Waals surface area (Å²) in [5.74, 6) is 0.961. The maximum absolute atomic E-state index is 9.29. The van der Waals surface area contributed by atoms with Crippen molar-refractivity contribution in [2.75, 3.05) is 26.3 Å². The van der Waals surface area contributed by atoms with Crippen LogP contribution in [0.4, 0.5) is 5.69 Å². The van der Waals surface area contributed by atoms with Gasteiger partial charge in [0.25, 0.3) is 0 Å². The lowest BCUT2D eigenvalue weighted by molar-refractivity contribution is 0.0683. The van der Waals surface area contributed by atoms with Crippen LogP contribution in [0.3, 0.4) is 0 Å². The predicted octanol–water partition coefficient (Wildman–Crippen LogP) is 3.37. The third kappa shape index (κ3) is 2.49. The van der Waals surface area contributed by atoms with Crippen molar-refractivity contribution in [3.05, 3.63) is 71.3 Å². The van der Waals surface area contributed by atoms with Gasteiger partial charge in [0.15, 0.2) is 0 Å². The molecule has 0 unspecified atom stereocenters. The summed E-state index contributed by atoms with van der Waals surface area (Å²) in [5.41, 5.74) is 4.94. The first-order valence-electron chi connectivity index (χ1n) is 8.09. The molecule has 1 fully saturated rings. The number of nitriles is 1. The van der Waals surface area contributed by atoms with Crippen molar-refractivity contribution >= 4 is 17.1 Å². The Morgan fingerprint density at radius 3 is 2.38 bits per heavy atom. The number of aliphatic imine (C=N–C) groups is 1. The number of nitrogens with zero attached hydrogens (tertiary/aromatic N) is 3. The number of hydrogen-bond donors (Lipinski definition) is 0. The minimum atomic E-state index is 0.712. The predicted molar refractivity (Wildman–Crippen MR) is 94.2 cm³/mol. The van der Waals surface area contributed by atoms with Crippen LogP contribution in [0.2, 0.25) is 0 Å². The Morgan fingerprint density at radius 1 is 0.958 bits per heavy atom. The lowest BCUT2D eigenvalue weighted by atomic mass is 9.93. The number of amidine groups is 1. The summed E-state index contributed by atoms with van der Waals surface area (Å²) < 4.78 is 5.49. The van der Waals surface area contributed by atoms with E-state index >= 15 is 0 Å². The number of hydrogen-bond acceptors (Lipinski definition) is 4. The lowest BCUT2D eigenvalue weighted by Gasteiger charge is -2.30. The van der Waals surface area contributed by atoms with Crippen molar-refractivity contribution < 1.29 is 4.74 Å². The highest BCUT2D eigenvalue weighted by Crippen LogP contribution is 2.37. The molecule has 2 heterocycles. The molecule has 0 spiro atoms. The van der Waals surface area contributed by atoms with E-state index in [4.69, 9.17) is 9.73 Å². The van der Waals surface area contributed by atoms with Gasteiger partial charge in [-0.25, -0.2) is 4.99 Å². The highest BCUT2D eigenvalue weighted by molar-refractivity contribution is 6.08. The van der Waals surface area contributed by atoms with Crippen LogP contribution >= 0.6 is 0 Å². The van der Waals surface area contributed by atoms with Gasteiger partial charge in [0.2, 0.25) is 0 Å². The number of para-hydroxylation sites is 1. The second kappa shape index (κ2) is 6.31. The van der Waals surface area contributed by atoms with E-state index in [1.165, 1.54) is 0 Å². The molecule has 1 saturated heterocycles. The minimum absolute atomic E-state index is 0.712. The number of morpholine rings is 1. The molecule has 4 rings (SSSR count). The summed E-state index contributed by atoms with van der Waals surface area (Å²) in [6.45, 7) is 3.08. The number of fused-ring (bicyclic) bond motifs is 2. The quantitative estimate of drug-likeness (QED) is 0.700. The monoisotopic (exact) mass is 315 g/mol. The van der Waals surface area contributed by atoms with Crippen molar-refractivity contribution in [1.29, 1.82) is 5.26 Å². The van der Waals surface area contributed by atoms with Gasteiger partial charge in [-0.3, -0.25) is 0 Å². The molecule has 118 valence electrons. The van der Waals surface area contributed by atoms with Crippen molar-refractivity contribution in [2.45, 2.75) is 0 Å². The summed E-state index contributed by atoms with van der Waals surface area (Å²) >= 11 is 0. The normalized spacial score (nSPS) is 18.2. The fourth-order valence-electron chi connectivity index (χ4n) is 3.27. The zero-order valence-corrected chi connectivity index (χ0v) is 13.3. The Balaban J connectivity index is 1.97. The van der Waals surface area contributed by atoms with Gasteiger partial charge in [0, 0.05) is 35.9 Å².